The third-order valence-electron chi connectivity index (χ3n) is 6.30. The molecule has 0 amide bonds. The standard InChI is InChI=1S/C26H27ClN6O4S/c1-4-6-12-32-22-21(23(34)29-26(32)36)31(11-5-2)20(28-22)14-37-25(35)19-13-18-15(3)30-33(24(18)38-19)17-9-7-16(27)8-10-17/h7-10,13H,4-6,11-12,14H2,1-3H3,(H,29,34,36). The molecule has 1 N–H and O–H groups in total. The van der Waals surface area contributed by atoms with E-state index < -0.39 is 17.2 Å². The van der Waals surface area contributed by atoms with Crippen LogP contribution < -0.4 is 11.2 Å². The molecule has 0 aliphatic rings. The lowest BCUT2D eigenvalue weighted by Crippen LogP contribution is -2.31. The van der Waals surface area contributed by atoms with Crippen LogP contribution in [-0.2, 0) is 24.4 Å². The normalized spacial score (nSPS) is 11.6. The number of halogens is 1. The summed E-state index contributed by atoms with van der Waals surface area (Å²) in [4.78, 5) is 46.5. The van der Waals surface area contributed by atoms with Gasteiger partial charge in [-0.05, 0) is 50.1 Å². The van der Waals surface area contributed by atoms with E-state index in [2.05, 4.69) is 15.1 Å². The molecular formula is C26H27ClN6O4S. The van der Waals surface area contributed by atoms with Crippen molar-refractivity contribution in [3.8, 4) is 5.69 Å². The van der Waals surface area contributed by atoms with Gasteiger partial charge in [0.25, 0.3) is 5.56 Å². The highest BCUT2D eigenvalue weighted by Crippen LogP contribution is 2.31. The lowest BCUT2D eigenvalue weighted by atomic mass is 10.3. The average Bonchev–Trinajstić information content (AvgIpc) is 3.57. The summed E-state index contributed by atoms with van der Waals surface area (Å²) < 4.78 is 10.7. The fraction of sp³-hybridized carbons (Fsp3) is 0.346. The minimum absolute atomic E-state index is 0.133. The van der Waals surface area contributed by atoms with Crippen molar-refractivity contribution < 1.29 is 9.53 Å². The van der Waals surface area contributed by atoms with Crippen LogP contribution in [-0.4, -0.2) is 34.9 Å². The zero-order chi connectivity index (χ0) is 27.0. The summed E-state index contributed by atoms with van der Waals surface area (Å²) >= 11 is 7.31. The molecular weight excluding hydrogens is 528 g/mol. The smallest absolute Gasteiger partial charge is 0.348 e. The summed E-state index contributed by atoms with van der Waals surface area (Å²) in [6, 6.07) is 9.09. The van der Waals surface area contributed by atoms with Crippen LogP contribution in [0, 0.1) is 6.92 Å². The van der Waals surface area contributed by atoms with E-state index >= 15 is 0 Å². The van der Waals surface area contributed by atoms with Gasteiger partial charge < -0.3 is 9.30 Å². The van der Waals surface area contributed by atoms with Crippen LogP contribution in [0.2, 0.25) is 5.02 Å². The summed E-state index contributed by atoms with van der Waals surface area (Å²) in [6.07, 6.45) is 2.39. The Morgan fingerprint density at radius 2 is 1.87 bits per heavy atom. The molecule has 198 valence electrons. The van der Waals surface area contributed by atoms with Crippen molar-refractivity contribution in [3.63, 3.8) is 0 Å². The first kappa shape index (κ1) is 25.9. The van der Waals surface area contributed by atoms with E-state index in [1.165, 1.54) is 15.9 Å². The Hall–Kier alpha value is -3.70. The fourth-order valence-corrected chi connectivity index (χ4v) is 5.62. The second-order valence-corrected chi connectivity index (χ2v) is 10.5. The second kappa shape index (κ2) is 10.6. The summed E-state index contributed by atoms with van der Waals surface area (Å²) in [5.74, 6) is -0.0816. The molecule has 0 aliphatic carbocycles. The number of aromatic nitrogens is 6. The number of H-pyrrole nitrogens is 1. The molecule has 10 nitrogen and oxygen atoms in total. The molecule has 5 aromatic rings. The van der Waals surface area contributed by atoms with Crippen molar-refractivity contribution in [1.29, 1.82) is 0 Å². The Balaban J connectivity index is 1.46. The molecule has 0 fully saturated rings. The number of nitrogens with zero attached hydrogens (tertiary/aromatic N) is 5. The Morgan fingerprint density at radius 3 is 2.58 bits per heavy atom. The van der Waals surface area contributed by atoms with E-state index in [1.54, 1.807) is 27.4 Å². The topological polar surface area (TPSA) is 117 Å². The summed E-state index contributed by atoms with van der Waals surface area (Å²) in [5, 5.41) is 6.09. The van der Waals surface area contributed by atoms with Crippen molar-refractivity contribution in [3.05, 3.63) is 72.6 Å². The Bertz CT molecular complexity index is 1760. The number of nitrogens with one attached hydrogen (secondary N) is 1. The Morgan fingerprint density at radius 1 is 1.11 bits per heavy atom. The number of carbonyl (C=O) groups is 1. The van der Waals surface area contributed by atoms with Crippen molar-refractivity contribution in [2.24, 2.45) is 0 Å². The first-order valence-electron chi connectivity index (χ1n) is 12.5. The number of hydrogen-bond donors (Lipinski definition) is 1. The highest BCUT2D eigenvalue weighted by Gasteiger charge is 2.22. The molecule has 12 heteroatoms. The van der Waals surface area contributed by atoms with Crippen LogP contribution in [0.1, 0.15) is 54.3 Å². The van der Waals surface area contributed by atoms with E-state index in [0.717, 1.165) is 40.9 Å². The highest BCUT2D eigenvalue weighted by molar-refractivity contribution is 7.20. The van der Waals surface area contributed by atoms with Gasteiger partial charge in [-0.15, -0.1) is 11.3 Å². The third kappa shape index (κ3) is 4.67. The molecule has 0 saturated heterocycles. The molecule has 1 aromatic carbocycles. The molecule has 5 rings (SSSR count). The maximum Gasteiger partial charge on any atom is 0.348 e. The molecule has 0 spiro atoms. The minimum Gasteiger partial charge on any atom is -0.453 e. The van der Waals surface area contributed by atoms with E-state index in [4.69, 9.17) is 16.3 Å². The lowest BCUT2D eigenvalue weighted by molar-refractivity contribution is 0.0464. The number of aryl methyl sites for hydroxylation is 3. The van der Waals surface area contributed by atoms with Gasteiger partial charge >= 0.3 is 11.7 Å². The van der Waals surface area contributed by atoms with Crippen molar-refractivity contribution in [2.75, 3.05) is 0 Å². The second-order valence-electron chi connectivity index (χ2n) is 9.00. The maximum absolute atomic E-state index is 13.1. The number of ether oxygens (including phenoxy) is 1. The van der Waals surface area contributed by atoms with Gasteiger partial charge in [-0.25, -0.2) is 19.3 Å². The number of benzene rings is 1. The van der Waals surface area contributed by atoms with Gasteiger partial charge in [-0.2, -0.15) is 5.10 Å². The van der Waals surface area contributed by atoms with E-state index in [9.17, 15) is 14.4 Å². The molecule has 0 radical (unpaired) electrons. The number of hydrogen-bond acceptors (Lipinski definition) is 7. The molecule has 38 heavy (non-hydrogen) atoms. The number of fused-ring (bicyclic) bond motifs is 2. The SMILES string of the molecule is CCCCn1c(=O)[nH]c(=O)c2c1nc(COC(=O)c1cc3c(C)nn(-c4ccc(Cl)cc4)c3s1)n2CCC. The van der Waals surface area contributed by atoms with Crippen molar-refractivity contribution in [1.82, 2.24) is 28.9 Å². The Kier molecular flexibility index (Phi) is 7.22. The van der Waals surface area contributed by atoms with Gasteiger partial charge in [0.15, 0.2) is 11.2 Å². The number of esters is 1. The van der Waals surface area contributed by atoms with Crippen molar-refractivity contribution >= 4 is 50.3 Å². The Labute approximate surface area is 226 Å². The van der Waals surface area contributed by atoms with Crippen LogP contribution in [0.4, 0.5) is 0 Å². The van der Waals surface area contributed by atoms with E-state index in [0.29, 0.717) is 40.0 Å². The van der Waals surface area contributed by atoms with Gasteiger partial charge in [0, 0.05) is 23.5 Å². The molecule has 4 heterocycles. The molecule has 0 bridgehead atoms. The van der Waals surface area contributed by atoms with Gasteiger partial charge in [-0.1, -0.05) is 31.9 Å². The summed E-state index contributed by atoms with van der Waals surface area (Å²) in [5.41, 5.74) is 1.27. The fourth-order valence-electron chi connectivity index (χ4n) is 4.42. The molecule has 0 aliphatic heterocycles. The number of imidazole rings is 1. The van der Waals surface area contributed by atoms with Gasteiger partial charge in [-0.3, -0.25) is 14.3 Å². The predicted molar refractivity (Wildman–Crippen MR) is 148 cm³/mol. The number of unbranched alkanes of at least 4 members (excludes halogenated alkanes) is 1. The lowest BCUT2D eigenvalue weighted by Gasteiger charge is -2.08. The van der Waals surface area contributed by atoms with Crippen molar-refractivity contribution in [2.45, 2.75) is 59.7 Å². The quantitative estimate of drug-likeness (QED) is 0.261. The monoisotopic (exact) mass is 554 g/mol. The van der Waals surface area contributed by atoms with Crippen LogP contribution in [0.3, 0.4) is 0 Å². The maximum atomic E-state index is 13.1. The predicted octanol–water partition coefficient (Wildman–Crippen LogP) is 4.82. The van der Waals surface area contributed by atoms with Gasteiger partial charge in [0.05, 0.1) is 11.4 Å². The minimum atomic E-state index is -0.499. The van der Waals surface area contributed by atoms with Crippen LogP contribution in [0.15, 0.2) is 39.9 Å². The number of thiophene rings is 1. The zero-order valence-corrected chi connectivity index (χ0v) is 22.9. The summed E-state index contributed by atoms with van der Waals surface area (Å²) in [7, 11) is 0. The molecule has 0 saturated carbocycles. The molecule has 4 aromatic heterocycles. The number of aromatic amines is 1. The molecule has 0 atom stereocenters. The first-order valence-corrected chi connectivity index (χ1v) is 13.7. The molecule has 0 unspecified atom stereocenters. The van der Waals surface area contributed by atoms with E-state index in [1.807, 2.05) is 32.9 Å². The number of carbonyl (C=O) groups excluding carboxylic acids is 1. The van der Waals surface area contributed by atoms with Gasteiger partial charge in [0.1, 0.15) is 22.1 Å². The number of rotatable bonds is 9. The summed E-state index contributed by atoms with van der Waals surface area (Å²) in [6.45, 7) is 6.70. The van der Waals surface area contributed by atoms with Crippen LogP contribution in [0.25, 0.3) is 27.1 Å². The average molecular weight is 555 g/mol. The highest BCUT2D eigenvalue weighted by atomic mass is 35.5. The third-order valence-corrected chi connectivity index (χ3v) is 7.64. The van der Waals surface area contributed by atoms with E-state index in [-0.39, 0.29) is 6.61 Å². The van der Waals surface area contributed by atoms with Crippen LogP contribution in [0.5, 0.6) is 0 Å². The first-order chi connectivity index (χ1) is 18.3. The van der Waals surface area contributed by atoms with Crippen LogP contribution >= 0.6 is 22.9 Å². The zero-order valence-electron chi connectivity index (χ0n) is 21.3. The largest absolute Gasteiger partial charge is 0.453 e. The van der Waals surface area contributed by atoms with Gasteiger partial charge in [0.2, 0.25) is 0 Å².